The van der Waals surface area contributed by atoms with Gasteiger partial charge >= 0.3 is 6.09 Å². The second-order valence-electron chi connectivity index (χ2n) is 15.2. The van der Waals surface area contributed by atoms with Crippen LogP contribution in [0.4, 0.5) is 4.79 Å². The van der Waals surface area contributed by atoms with Crippen LogP contribution in [0, 0.1) is 0 Å². The van der Waals surface area contributed by atoms with E-state index in [1.165, 1.54) is 7.11 Å². The van der Waals surface area contributed by atoms with Gasteiger partial charge in [-0.05, 0) is 73.8 Å². The number of methoxy groups -OCH3 is 1. The molecule has 0 aliphatic carbocycles. The number of hydrogen-bond donors (Lipinski definition) is 4. The minimum absolute atomic E-state index is 0.0847. The third-order valence-corrected chi connectivity index (χ3v) is 11.0. The van der Waals surface area contributed by atoms with Crippen molar-refractivity contribution in [1.29, 1.82) is 0 Å². The van der Waals surface area contributed by atoms with Crippen LogP contribution in [0.2, 0.25) is 0 Å². The Morgan fingerprint density at radius 2 is 1.39 bits per heavy atom. The van der Waals surface area contributed by atoms with E-state index >= 15 is 0 Å². The highest BCUT2D eigenvalue weighted by Crippen LogP contribution is 2.37. The lowest BCUT2D eigenvalue weighted by molar-refractivity contribution is -0.137. The molecule has 4 heterocycles. The summed E-state index contributed by atoms with van der Waals surface area (Å²) in [5.41, 5.74) is 6.25. The number of aromatic amines is 2. The average Bonchev–Trinajstić information content (AvgIpc) is 4.02. The number of aromatic nitrogens is 4. The van der Waals surface area contributed by atoms with Crippen molar-refractivity contribution in [2.24, 2.45) is 0 Å². The Morgan fingerprint density at radius 3 is 2.05 bits per heavy atom. The van der Waals surface area contributed by atoms with Crippen LogP contribution < -0.4 is 10.6 Å². The summed E-state index contributed by atoms with van der Waals surface area (Å²) in [5.74, 6) is 1.28. The molecule has 2 aliphatic heterocycles. The smallest absolute Gasteiger partial charge is 0.407 e. The second-order valence-corrected chi connectivity index (χ2v) is 15.2. The SMILES string of the molecule is COC(=O)N[C@H]1CCCCCOCC[C@@H](c2ncc(-c3ccc(-c4ccc(-c5cnc([C@@H]6CCCN6C(=O)C(C)(C)c6ccccc6)[nH]5)cc4)cc3)[nH]2)NC1=O. The minimum Gasteiger partial charge on any atom is -0.453 e. The molecule has 2 aliphatic rings. The van der Waals surface area contributed by atoms with Gasteiger partial charge in [0.2, 0.25) is 11.8 Å². The molecule has 3 aromatic carbocycles. The standard InChI is InChI=1S/C44H51N7O5/c1-44(2,33-11-6-4-7-12-33)42(53)51-24-10-14-38(51)40-46-28-37(48-40)32-21-17-30(18-22-32)29-15-19-31(20-16-29)36-27-45-39(47-36)34-23-26-56-25-9-5-8-13-35(41(52)49-34)50-43(54)55-3/h4,6-7,11-12,15-22,27-28,34-35,38H,5,8-10,13-14,23-26H2,1-3H3,(H,45,47)(H,46,48)(H,49,52)(H,50,54)/t34-,35-,38-/m0/s1. The Labute approximate surface area is 327 Å². The number of alkyl carbamates (subject to hydrolysis) is 1. The predicted molar refractivity (Wildman–Crippen MR) is 214 cm³/mol. The summed E-state index contributed by atoms with van der Waals surface area (Å²) in [6.45, 7) is 5.84. The fourth-order valence-corrected chi connectivity index (χ4v) is 7.68. The van der Waals surface area contributed by atoms with Crippen LogP contribution in [0.3, 0.4) is 0 Å². The van der Waals surface area contributed by atoms with Crippen molar-refractivity contribution in [3.63, 3.8) is 0 Å². The molecule has 0 bridgehead atoms. The molecule has 7 rings (SSSR count). The van der Waals surface area contributed by atoms with Crippen LogP contribution in [-0.2, 0) is 24.5 Å². The molecule has 3 atom stereocenters. The number of hydrogen-bond acceptors (Lipinski definition) is 7. The van der Waals surface area contributed by atoms with Crippen molar-refractivity contribution >= 4 is 17.9 Å². The Kier molecular flexibility index (Phi) is 11.9. The molecule has 2 fully saturated rings. The first-order chi connectivity index (χ1) is 27.2. The highest BCUT2D eigenvalue weighted by molar-refractivity contribution is 5.88. The number of nitrogens with one attached hydrogen (secondary N) is 4. The van der Waals surface area contributed by atoms with Crippen molar-refractivity contribution in [2.45, 2.75) is 82.3 Å². The van der Waals surface area contributed by atoms with Gasteiger partial charge in [0.15, 0.2) is 0 Å². The number of carbonyl (C=O) groups is 3. The van der Waals surface area contributed by atoms with E-state index in [9.17, 15) is 14.4 Å². The summed E-state index contributed by atoms with van der Waals surface area (Å²) in [4.78, 5) is 57.4. The predicted octanol–water partition coefficient (Wildman–Crippen LogP) is 7.64. The molecular weight excluding hydrogens is 707 g/mol. The fraction of sp³-hybridized carbons (Fsp3) is 0.386. The number of ether oxygens (including phenoxy) is 2. The van der Waals surface area contributed by atoms with Crippen molar-refractivity contribution in [3.05, 3.63) is 108 Å². The third kappa shape index (κ3) is 8.70. The van der Waals surface area contributed by atoms with Gasteiger partial charge in [-0.15, -0.1) is 0 Å². The molecule has 56 heavy (non-hydrogen) atoms. The molecule has 0 saturated carbocycles. The van der Waals surface area contributed by atoms with Gasteiger partial charge in [0.1, 0.15) is 17.7 Å². The number of imidazole rings is 2. The van der Waals surface area contributed by atoms with Gasteiger partial charge in [-0.25, -0.2) is 14.8 Å². The van der Waals surface area contributed by atoms with Gasteiger partial charge in [-0.3, -0.25) is 9.59 Å². The molecule has 0 spiro atoms. The summed E-state index contributed by atoms with van der Waals surface area (Å²) in [6.07, 6.45) is 8.45. The van der Waals surface area contributed by atoms with E-state index in [-0.39, 0.29) is 17.9 Å². The summed E-state index contributed by atoms with van der Waals surface area (Å²) in [5, 5.41) is 5.75. The van der Waals surface area contributed by atoms with Crippen LogP contribution in [0.15, 0.2) is 91.3 Å². The van der Waals surface area contributed by atoms with Crippen LogP contribution in [0.1, 0.15) is 88.1 Å². The quantitative estimate of drug-likeness (QED) is 0.127. The van der Waals surface area contributed by atoms with Crippen molar-refractivity contribution in [3.8, 4) is 33.6 Å². The second kappa shape index (κ2) is 17.4. The van der Waals surface area contributed by atoms with Crippen LogP contribution in [-0.4, -0.2) is 75.7 Å². The zero-order chi connectivity index (χ0) is 39.1. The largest absolute Gasteiger partial charge is 0.453 e. The number of likely N-dealkylation sites (tertiary alicyclic amines) is 1. The average molecular weight is 758 g/mol. The van der Waals surface area contributed by atoms with E-state index in [1.807, 2.05) is 55.3 Å². The first-order valence-corrected chi connectivity index (χ1v) is 19.6. The number of carbonyl (C=O) groups excluding carboxylic acids is 3. The Bertz CT molecular complexity index is 2090. The fourth-order valence-electron chi connectivity index (χ4n) is 7.68. The Balaban J connectivity index is 1.01. The maximum atomic E-state index is 13.8. The molecule has 3 amide bonds. The monoisotopic (exact) mass is 757 g/mol. The molecule has 12 heteroatoms. The first kappa shape index (κ1) is 38.5. The number of benzene rings is 3. The van der Waals surface area contributed by atoms with E-state index in [0.717, 1.165) is 83.7 Å². The lowest BCUT2D eigenvalue weighted by Gasteiger charge is -2.33. The number of rotatable bonds is 8. The molecule has 0 unspecified atom stereocenters. The van der Waals surface area contributed by atoms with Crippen LogP contribution >= 0.6 is 0 Å². The van der Waals surface area contributed by atoms with E-state index in [2.05, 4.69) is 74.1 Å². The Morgan fingerprint density at radius 1 is 0.768 bits per heavy atom. The van der Waals surface area contributed by atoms with E-state index < -0.39 is 23.6 Å². The normalized spacial score (nSPS) is 19.7. The minimum atomic E-state index is -0.698. The van der Waals surface area contributed by atoms with Gasteiger partial charge in [0.25, 0.3) is 0 Å². The van der Waals surface area contributed by atoms with Crippen LogP contribution in [0.5, 0.6) is 0 Å². The summed E-state index contributed by atoms with van der Waals surface area (Å²) in [7, 11) is 1.29. The highest BCUT2D eigenvalue weighted by atomic mass is 16.5. The molecule has 4 N–H and O–H groups in total. The maximum absolute atomic E-state index is 13.8. The summed E-state index contributed by atoms with van der Waals surface area (Å²) in [6, 6.07) is 25.4. The topological polar surface area (TPSA) is 154 Å². The van der Waals surface area contributed by atoms with E-state index in [4.69, 9.17) is 14.5 Å². The molecule has 2 aromatic heterocycles. The number of amides is 3. The molecule has 292 valence electrons. The molecule has 12 nitrogen and oxygen atoms in total. The molecule has 0 radical (unpaired) electrons. The van der Waals surface area contributed by atoms with Gasteiger partial charge in [0, 0.05) is 19.8 Å². The number of H-pyrrole nitrogens is 2. The summed E-state index contributed by atoms with van der Waals surface area (Å²) >= 11 is 0. The molecule has 2 saturated heterocycles. The van der Waals surface area contributed by atoms with Crippen molar-refractivity contribution < 1.29 is 23.9 Å². The lowest BCUT2D eigenvalue weighted by atomic mass is 9.83. The van der Waals surface area contributed by atoms with E-state index in [0.29, 0.717) is 31.9 Å². The highest BCUT2D eigenvalue weighted by Gasteiger charge is 2.40. The Hall–Kier alpha value is -5.75. The third-order valence-electron chi connectivity index (χ3n) is 11.0. The van der Waals surface area contributed by atoms with Crippen molar-refractivity contribution in [1.82, 2.24) is 35.5 Å². The van der Waals surface area contributed by atoms with Gasteiger partial charge in [0.05, 0.1) is 48.4 Å². The van der Waals surface area contributed by atoms with Gasteiger partial charge in [-0.1, -0.05) is 91.7 Å². The first-order valence-electron chi connectivity index (χ1n) is 19.6. The zero-order valence-corrected chi connectivity index (χ0v) is 32.3. The lowest BCUT2D eigenvalue weighted by Crippen LogP contribution is -2.48. The van der Waals surface area contributed by atoms with Crippen molar-refractivity contribution in [2.75, 3.05) is 26.9 Å². The molecular formula is C44H51N7O5. The van der Waals surface area contributed by atoms with Gasteiger partial charge < -0.3 is 35.0 Å². The summed E-state index contributed by atoms with van der Waals surface area (Å²) < 4.78 is 10.6. The molecule has 5 aromatic rings. The van der Waals surface area contributed by atoms with E-state index in [1.54, 1.807) is 6.20 Å². The maximum Gasteiger partial charge on any atom is 0.407 e. The number of nitrogens with zero attached hydrogens (tertiary/aromatic N) is 3. The van der Waals surface area contributed by atoms with Gasteiger partial charge in [-0.2, -0.15) is 0 Å². The van der Waals surface area contributed by atoms with Crippen LogP contribution in [0.25, 0.3) is 33.6 Å². The zero-order valence-electron chi connectivity index (χ0n) is 32.3.